The summed E-state index contributed by atoms with van der Waals surface area (Å²) in [6, 6.07) is 4.51. The van der Waals surface area contributed by atoms with Gasteiger partial charge in [0.15, 0.2) is 0 Å². The highest BCUT2D eigenvalue weighted by atomic mass is 32.2. The third-order valence-electron chi connectivity index (χ3n) is 9.28. The number of ketones is 1. The smallest absolute Gasteiger partial charge is 0.243 e. The number of sulfonamides is 1. The van der Waals surface area contributed by atoms with E-state index in [2.05, 4.69) is 9.80 Å². The standard InChI is InChI=1S/C30H49N3O3S/c1-23-20-24(2)30(25(3)21-23)37(35,36)31(4)16-13-29(34)22-27-6-8-28(9-7-27)33-18-11-26(12-19-33)10-17-32-14-5-15-32/h20-21,26-28H,5-19,22H2,1-4H3. The fraction of sp³-hybridized carbons (Fsp3) is 0.767. The van der Waals surface area contributed by atoms with Gasteiger partial charge in [-0.2, -0.15) is 0 Å². The molecule has 0 aromatic heterocycles. The summed E-state index contributed by atoms with van der Waals surface area (Å²) in [5.74, 6) is 1.57. The third-order valence-corrected chi connectivity index (χ3v) is 11.4. The molecule has 1 aliphatic carbocycles. The van der Waals surface area contributed by atoms with Crippen LogP contribution < -0.4 is 0 Å². The van der Waals surface area contributed by atoms with Crippen molar-refractivity contribution >= 4 is 15.8 Å². The molecule has 4 rings (SSSR count). The number of hydrogen-bond donors (Lipinski definition) is 0. The topological polar surface area (TPSA) is 60.9 Å². The Balaban J connectivity index is 1.15. The minimum atomic E-state index is -3.60. The van der Waals surface area contributed by atoms with Crippen LogP contribution in [-0.2, 0) is 14.8 Å². The quantitative estimate of drug-likeness (QED) is 0.404. The fourth-order valence-electron chi connectivity index (χ4n) is 6.85. The maximum absolute atomic E-state index is 13.2. The van der Waals surface area contributed by atoms with Gasteiger partial charge in [-0.1, -0.05) is 17.7 Å². The number of likely N-dealkylation sites (tertiary alicyclic amines) is 2. The molecular weight excluding hydrogens is 482 g/mol. The second kappa shape index (κ2) is 12.7. The highest BCUT2D eigenvalue weighted by Gasteiger charge is 2.31. The van der Waals surface area contributed by atoms with Crippen LogP contribution in [0.15, 0.2) is 17.0 Å². The Bertz CT molecular complexity index is 998. The lowest BCUT2D eigenvalue weighted by atomic mass is 9.81. The summed E-state index contributed by atoms with van der Waals surface area (Å²) in [7, 11) is -2.01. The first-order valence-electron chi connectivity index (χ1n) is 14.7. The lowest BCUT2D eigenvalue weighted by Gasteiger charge is -2.41. The second-order valence-electron chi connectivity index (χ2n) is 12.2. The van der Waals surface area contributed by atoms with Gasteiger partial charge in [-0.25, -0.2) is 12.7 Å². The molecule has 2 saturated heterocycles. The molecule has 37 heavy (non-hydrogen) atoms. The van der Waals surface area contributed by atoms with E-state index in [1.165, 1.54) is 75.6 Å². The maximum atomic E-state index is 13.2. The zero-order valence-electron chi connectivity index (χ0n) is 23.7. The van der Waals surface area contributed by atoms with E-state index in [4.69, 9.17) is 0 Å². The molecule has 1 saturated carbocycles. The monoisotopic (exact) mass is 531 g/mol. The van der Waals surface area contributed by atoms with E-state index < -0.39 is 10.0 Å². The second-order valence-corrected chi connectivity index (χ2v) is 14.2. The van der Waals surface area contributed by atoms with E-state index in [1.807, 2.05) is 32.9 Å². The van der Waals surface area contributed by atoms with Crippen LogP contribution in [0.2, 0.25) is 0 Å². The molecule has 0 bridgehead atoms. The van der Waals surface area contributed by atoms with Crippen molar-refractivity contribution in [3.05, 3.63) is 28.8 Å². The van der Waals surface area contributed by atoms with Crippen LogP contribution in [0.1, 0.15) is 80.9 Å². The average molecular weight is 532 g/mol. The Morgan fingerprint density at radius 3 is 2.11 bits per heavy atom. The lowest BCUT2D eigenvalue weighted by Crippen LogP contribution is -2.44. The van der Waals surface area contributed by atoms with E-state index in [-0.39, 0.29) is 12.3 Å². The first-order valence-corrected chi connectivity index (χ1v) is 16.1. The molecule has 0 N–H and O–H groups in total. The zero-order chi connectivity index (χ0) is 26.6. The molecule has 3 fully saturated rings. The molecule has 0 radical (unpaired) electrons. The number of carbonyl (C=O) groups is 1. The molecule has 0 atom stereocenters. The number of hydrogen-bond acceptors (Lipinski definition) is 5. The zero-order valence-corrected chi connectivity index (χ0v) is 24.5. The van der Waals surface area contributed by atoms with Gasteiger partial charge in [0.25, 0.3) is 0 Å². The number of carbonyl (C=O) groups excluding carboxylic acids is 1. The molecule has 208 valence electrons. The van der Waals surface area contributed by atoms with E-state index in [1.54, 1.807) is 7.05 Å². The largest absolute Gasteiger partial charge is 0.303 e. The molecule has 7 heteroatoms. The normalized spacial score (nSPS) is 24.4. The first-order chi connectivity index (χ1) is 17.6. The summed E-state index contributed by atoms with van der Waals surface area (Å²) in [4.78, 5) is 18.5. The lowest BCUT2D eigenvalue weighted by molar-refractivity contribution is -0.120. The number of Topliss-reactive ketones (excluding diaryl/α,β-unsaturated/α-hetero) is 1. The van der Waals surface area contributed by atoms with Gasteiger partial charge in [0.2, 0.25) is 10.0 Å². The van der Waals surface area contributed by atoms with Crippen molar-refractivity contribution in [3.63, 3.8) is 0 Å². The van der Waals surface area contributed by atoms with Crippen molar-refractivity contribution < 1.29 is 13.2 Å². The van der Waals surface area contributed by atoms with Gasteiger partial charge < -0.3 is 9.80 Å². The summed E-state index contributed by atoms with van der Waals surface area (Å²) in [6.07, 6.45) is 11.0. The number of benzene rings is 1. The Kier molecular flexibility index (Phi) is 9.87. The Morgan fingerprint density at radius 2 is 1.54 bits per heavy atom. The minimum Gasteiger partial charge on any atom is -0.303 e. The van der Waals surface area contributed by atoms with Gasteiger partial charge in [-0.05, 0) is 128 Å². The highest BCUT2D eigenvalue weighted by Crippen LogP contribution is 2.33. The average Bonchev–Trinajstić information content (AvgIpc) is 2.81. The Labute approximate surface area is 225 Å². The van der Waals surface area contributed by atoms with Crippen LogP contribution in [0.25, 0.3) is 0 Å². The van der Waals surface area contributed by atoms with Crippen molar-refractivity contribution in [2.45, 2.75) is 95.9 Å². The number of piperidine rings is 1. The molecule has 3 aliphatic rings. The number of aryl methyl sites for hydroxylation is 3. The van der Waals surface area contributed by atoms with Gasteiger partial charge in [-0.15, -0.1) is 0 Å². The van der Waals surface area contributed by atoms with Crippen LogP contribution in [0.4, 0.5) is 0 Å². The molecular formula is C30H49N3O3S. The van der Waals surface area contributed by atoms with E-state index in [0.29, 0.717) is 29.7 Å². The molecule has 6 nitrogen and oxygen atoms in total. The van der Waals surface area contributed by atoms with Gasteiger partial charge in [0.1, 0.15) is 5.78 Å². The maximum Gasteiger partial charge on any atom is 0.243 e. The van der Waals surface area contributed by atoms with Gasteiger partial charge in [0.05, 0.1) is 4.90 Å². The van der Waals surface area contributed by atoms with Gasteiger partial charge >= 0.3 is 0 Å². The van der Waals surface area contributed by atoms with Gasteiger partial charge in [-0.3, -0.25) is 4.79 Å². The molecule has 2 aliphatic heterocycles. The molecule has 1 aromatic rings. The van der Waals surface area contributed by atoms with E-state index in [0.717, 1.165) is 35.4 Å². The van der Waals surface area contributed by atoms with E-state index >= 15 is 0 Å². The highest BCUT2D eigenvalue weighted by molar-refractivity contribution is 7.89. The van der Waals surface area contributed by atoms with Crippen molar-refractivity contribution in [3.8, 4) is 0 Å². The summed E-state index contributed by atoms with van der Waals surface area (Å²) in [5.41, 5.74) is 2.59. The number of nitrogens with zero attached hydrogens (tertiary/aromatic N) is 3. The first kappa shape index (κ1) is 28.7. The molecule has 1 aromatic carbocycles. The molecule has 0 spiro atoms. The fourth-order valence-corrected chi connectivity index (χ4v) is 8.42. The van der Waals surface area contributed by atoms with E-state index in [9.17, 15) is 13.2 Å². The summed E-state index contributed by atoms with van der Waals surface area (Å²) >= 11 is 0. The third kappa shape index (κ3) is 7.43. The molecule has 0 amide bonds. The number of rotatable bonds is 11. The van der Waals surface area contributed by atoms with Crippen LogP contribution in [0.5, 0.6) is 0 Å². The van der Waals surface area contributed by atoms with Gasteiger partial charge in [0, 0.05) is 32.5 Å². The summed E-state index contributed by atoms with van der Waals surface area (Å²) < 4.78 is 27.7. The predicted octanol–water partition coefficient (Wildman–Crippen LogP) is 4.95. The minimum absolute atomic E-state index is 0.200. The van der Waals surface area contributed by atoms with Crippen molar-refractivity contribution in [1.82, 2.24) is 14.1 Å². The van der Waals surface area contributed by atoms with Crippen molar-refractivity contribution in [1.29, 1.82) is 0 Å². The van der Waals surface area contributed by atoms with Crippen molar-refractivity contribution in [2.24, 2.45) is 11.8 Å². The Hall–Kier alpha value is -1.28. The SMILES string of the molecule is Cc1cc(C)c(S(=O)(=O)N(C)CCC(=O)CC2CCC(N3CCC(CCN4CCC4)CC3)CC2)c(C)c1. The van der Waals surface area contributed by atoms with Crippen LogP contribution in [0.3, 0.4) is 0 Å². The molecule has 2 heterocycles. The predicted molar refractivity (Wildman–Crippen MR) is 150 cm³/mol. The van der Waals surface area contributed by atoms with Crippen LogP contribution >= 0.6 is 0 Å². The summed E-state index contributed by atoms with van der Waals surface area (Å²) in [6.45, 7) is 12.3. The Morgan fingerprint density at radius 1 is 0.919 bits per heavy atom. The van der Waals surface area contributed by atoms with Crippen LogP contribution in [-0.4, -0.2) is 80.7 Å². The molecule has 0 unspecified atom stereocenters. The van der Waals surface area contributed by atoms with Crippen molar-refractivity contribution in [2.75, 3.05) is 46.3 Å². The van der Waals surface area contributed by atoms with Crippen LogP contribution in [0, 0.1) is 32.6 Å². The summed E-state index contributed by atoms with van der Waals surface area (Å²) in [5, 5.41) is 0.